The molecule has 1 saturated carbocycles. The summed E-state index contributed by atoms with van der Waals surface area (Å²) in [5.41, 5.74) is 1.11. The molecule has 3 rings (SSSR count). The summed E-state index contributed by atoms with van der Waals surface area (Å²) in [6.07, 6.45) is 5.94. The maximum atomic E-state index is 11.8. The first kappa shape index (κ1) is 24.8. The van der Waals surface area contributed by atoms with E-state index < -0.39 is 0 Å². The maximum Gasteiger partial charge on any atom is 0.258 e. The van der Waals surface area contributed by atoms with E-state index in [9.17, 15) is 4.79 Å². The highest BCUT2D eigenvalue weighted by Gasteiger charge is 2.29. The van der Waals surface area contributed by atoms with Crippen molar-refractivity contribution in [3.63, 3.8) is 0 Å². The number of aliphatic imine (C=N–C) groups is 1. The van der Waals surface area contributed by atoms with E-state index in [0.717, 1.165) is 55.0 Å². The molecule has 1 amide bonds. The average molecular weight is 528 g/mol. The summed E-state index contributed by atoms with van der Waals surface area (Å²) in [5, 5.41) is 6.43. The summed E-state index contributed by atoms with van der Waals surface area (Å²) in [6.45, 7) is 7.51. The summed E-state index contributed by atoms with van der Waals surface area (Å²) in [5.74, 6) is 3.22. The summed E-state index contributed by atoms with van der Waals surface area (Å²) in [7, 11) is 1.85. The molecule has 1 aliphatic heterocycles. The van der Waals surface area contributed by atoms with E-state index in [2.05, 4.69) is 40.4 Å². The Bertz CT molecular complexity index is 704. The van der Waals surface area contributed by atoms with Crippen LogP contribution in [0, 0.1) is 11.8 Å². The van der Waals surface area contributed by atoms with Gasteiger partial charge in [-0.3, -0.25) is 9.79 Å². The SMILES string of the molecule is CCC(CC)C1CCN(C(=NC)NCc2cccc(OCC(=O)NC3CC3)c2)C1.I. The largest absolute Gasteiger partial charge is 0.484 e. The molecule has 2 N–H and O–H groups in total. The van der Waals surface area contributed by atoms with Gasteiger partial charge in [-0.2, -0.15) is 0 Å². The number of nitrogens with one attached hydrogen (secondary N) is 2. The maximum absolute atomic E-state index is 11.8. The van der Waals surface area contributed by atoms with Crippen LogP contribution in [0.2, 0.25) is 0 Å². The van der Waals surface area contributed by atoms with E-state index in [-0.39, 0.29) is 36.5 Å². The molecule has 0 aromatic heterocycles. The first-order valence-electron chi connectivity index (χ1n) is 11.1. The number of amides is 1. The fourth-order valence-electron chi connectivity index (χ4n) is 4.22. The van der Waals surface area contributed by atoms with E-state index in [1.54, 1.807) is 0 Å². The summed E-state index contributed by atoms with van der Waals surface area (Å²) < 4.78 is 5.65. The van der Waals surface area contributed by atoms with Crippen molar-refractivity contribution in [1.29, 1.82) is 0 Å². The highest BCUT2D eigenvalue weighted by Crippen LogP contribution is 2.28. The van der Waals surface area contributed by atoms with Crippen LogP contribution >= 0.6 is 24.0 Å². The van der Waals surface area contributed by atoms with Gasteiger partial charge in [0, 0.05) is 32.7 Å². The third-order valence-electron chi connectivity index (χ3n) is 6.11. The van der Waals surface area contributed by atoms with Gasteiger partial charge in [0.2, 0.25) is 0 Å². The molecule has 1 aromatic carbocycles. The van der Waals surface area contributed by atoms with Gasteiger partial charge in [-0.15, -0.1) is 24.0 Å². The molecule has 1 saturated heterocycles. The molecule has 0 radical (unpaired) electrons. The van der Waals surface area contributed by atoms with Crippen LogP contribution in [-0.4, -0.2) is 49.6 Å². The number of halogens is 1. The minimum atomic E-state index is -0.0440. The van der Waals surface area contributed by atoms with E-state index in [4.69, 9.17) is 4.74 Å². The minimum absolute atomic E-state index is 0. The van der Waals surface area contributed by atoms with Crippen molar-refractivity contribution in [2.45, 2.75) is 58.5 Å². The first-order valence-corrected chi connectivity index (χ1v) is 11.1. The van der Waals surface area contributed by atoms with E-state index >= 15 is 0 Å². The van der Waals surface area contributed by atoms with Gasteiger partial charge in [0.05, 0.1) is 0 Å². The molecule has 2 fully saturated rings. The summed E-state index contributed by atoms with van der Waals surface area (Å²) in [4.78, 5) is 18.7. The lowest BCUT2D eigenvalue weighted by atomic mass is 9.87. The van der Waals surface area contributed by atoms with E-state index in [1.807, 2.05) is 25.2 Å². The Morgan fingerprint density at radius 2 is 2.03 bits per heavy atom. The Hall–Kier alpha value is -1.51. The van der Waals surface area contributed by atoms with Gasteiger partial charge in [0.1, 0.15) is 5.75 Å². The van der Waals surface area contributed by atoms with Gasteiger partial charge in [0.25, 0.3) is 5.91 Å². The molecule has 30 heavy (non-hydrogen) atoms. The number of likely N-dealkylation sites (tertiary alicyclic amines) is 1. The fourth-order valence-corrected chi connectivity index (χ4v) is 4.22. The fraction of sp³-hybridized carbons (Fsp3) is 0.652. The smallest absolute Gasteiger partial charge is 0.258 e. The van der Waals surface area contributed by atoms with Crippen LogP contribution in [-0.2, 0) is 11.3 Å². The van der Waals surface area contributed by atoms with Crippen LogP contribution in [0.15, 0.2) is 29.3 Å². The molecule has 0 spiro atoms. The van der Waals surface area contributed by atoms with Gasteiger partial charge < -0.3 is 20.3 Å². The predicted octanol–water partition coefficient (Wildman–Crippen LogP) is 3.80. The third-order valence-corrected chi connectivity index (χ3v) is 6.11. The van der Waals surface area contributed by atoms with Crippen LogP contribution in [0.1, 0.15) is 51.5 Å². The number of carbonyl (C=O) groups excluding carboxylic acids is 1. The number of nitrogens with zero attached hydrogens (tertiary/aromatic N) is 2. The molecule has 1 heterocycles. The minimum Gasteiger partial charge on any atom is -0.484 e. The number of hydrogen-bond acceptors (Lipinski definition) is 3. The molecule has 1 atom stereocenters. The van der Waals surface area contributed by atoms with Crippen molar-refractivity contribution in [2.75, 3.05) is 26.7 Å². The first-order chi connectivity index (χ1) is 14.1. The quantitative estimate of drug-likeness (QED) is 0.291. The molecule has 1 aliphatic carbocycles. The molecule has 2 aliphatic rings. The van der Waals surface area contributed by atoms with Crippen molar-refractivity contribution < 1.29 is 9.53 Å². The molecule has 7 heteroatoms. The standard InChI is InChI=1S/C23H36N4O2.HI/c1-4-18(5-2)19-11-12-27(15-19)23(24-3)25-14-17-7-6-8-21(13-17)29-16-22(28)26-20-9-10-20;/h6-8,13,18-20H,4-5,9-12,14-16H2,1-3H3,(H,24,25)(H,26,28);1H. The lowest BCUT2D eigenvalue weighted by Crippen LogP contribution is -2.40. The lowest BCUT2D eigenvalue weighted by Gasteiger charge is -2.24. The number of guanidine groups is 1. The van der Waals surface area contributed by atoms with E-state index in [1.165, 1.54) is 19.3 Å². The third kappa shape index (κ3) is 7.32. The van der Waals surface area contributed by atoms with Crippen molar-refractivity contribution in [2.24, 2.45) is 16.8 Å². The number of rotatable bonds is 9. The second-order valence-electron chi connectivity index (χ2n) is 8.25. The zero-order chi connectivity index (χ0) is 20.6. The predicted molar refractivity (Wildman–Crippen MR) is 132 cm³/mol. The monoisotopic (exact) mass is 528 g/mol. The molecule has 0 bridgehead atoms. The summed E-state index contributed by atoms with van der Waals surface area (Å²) >= 11 is 0. The number of hydrogen-bond donors (Lipinski definition) is 2. The van der Waals surface area contributed by atoms with Crippen molar-refractivity contribution in [3.05, 3.63) is 29.8 Å². The molecule has 1 unspecified atom stereocenters. The van der Waals surface area contributed by atoms with Gasteiger partial charge in [-0.05, 0) is 48.8 Å². The molecule has 1 aromatic rings. The second kappa shape index (κ2) is 12.4. The van der Waals surface area contributed by atoms with Gasteiger partial charge in [0.15, 0.2) is 12.6 Å². The zero-order valence-electron chi connectivity index (χ0n) is 18.5. The van der Waals surface area contributed by atoms with Gasteiger partial charge >= 0.3 is 0 Å². The normalized spacial score (nSPS) is 18.9. The van der Waals surface area contributed by atoms with Crippen molar-refractivity contribution in [1.82, 2.24) is 15.5 Å². The van der Waals surface area contributed by atoms with Crippen molar-refractivity contribution in [3.8, 4) is 5.75 Å². The summed E-state index contributed by atoms with van der Waals surface area (Å²) in [6, 6.07) is 8.27. The van der Waals surface area contributed by atoms with Crippen molar-refractivity contribution >= 4 is 35.8 Å². The van der Waals surface area contributed by atoms with Crippen LogP contribution in [0.3, 0.4) is 0 Å². The average Bonchev–Trinajstić information content (AvgIpc) is 3.42. The second-order valence-corrected chi connectivity index (χ2v) is 8.25. The topological polar surface area (TPSA) is 66.0 Å². The number of ether oxygens (including phenoxy) is 1. The Kier molecular flexibility index (Phi) is 10.2. The van der Waals surface area contributed by atoms with Crippen LogP contribution < -0.4 is 15.4 Å². The van der Waals surface area contributed by atoms with Crippen LogP contribution in [0.5, 0.6) is 5.75 Å². The Labute approximate surface area is 198 Å². The lowest BCUT2D eigenvalue weighted by molar-refractivity contribution is -0.123. The zero-order valence-corrected chi connectivity index (χ0v) is 20.9. The molecule has 6 nitrogen and oxygen atoms in total. The highest BCUT2D eigenvalue weighted by molar-refractivity contribution is 14.0. The van der Waals surface area contributed by atoms with Gasteiger partial charge in [-0.1, -0.05) is 38.8 Å². The Morgan fingerprint density at radius 3 is 2.70 bits per heavy atom. The molecular weight excluding hydrogens is 491 g/mol. The Morgan fingerprint density at radius 1 is 1.27 bits per heavy atom. The van der Waals surface area contributed by atoms with Gasteiger partial charge in [-0.25, -0.2) is 0 Å². The Balaban J connectivity index is 0.00000320. The highest BCUT2D eigenvalue weighted by atomic mass is 127. The van der Waals surface area contributed by atoms with E-state index in [0.29, 0.717) is 12.6 Å². The molecular formula is C23H37IN4O2. The number of benzene rings is 1. The van der Waals surface area contributed by atoms with Crippen LogP contribution in [0.25, 0.3) is 0 Å². The molecule has 168 valence electrons. The number of carbonyl (C=O) groups is 1. The van der Waals surface area contributed by atoms with Crippen LogP contribution in [0.4, 0.5) is 0 Å².